The SMILES string of the molecule is O=CCOc1ccc2c(c1)C(=O)N(C1CCC(=O)NC1=O)C2=O. The van der Waals surface area contributed by atoms with Crippen molar-refractivity contribution in [1.29, 1.82) is 0 Å². The van der Waals surface area contributed by atoms with Gasteiger partial charge in [-0.25, -0.2) is 0 Å². The monoisotopic (exact) mass is 316 g/mol. The molecule has 1 saturated heterocycles. The number of rotatable bonds is 4. The summed E-state index contributed by atoms with van der Waals surface area (Å²) in [4.78, 5) is 59.2. The third kappa shape index (κ3) is 2.48. The summed E-state index contributed by atoms with van der Waals surface area (Å²) >= 11 is 0. The van der Waals surface area contributed by atoms with Gasteiger partial charge in [0, 0.05) is 6.42 Å². The van der Waals surface area contributed by atoms with Crippen molar-refractivity contribution in [3.63, 3.8) is 0 Å². The predicted molar refractivity (Wildman–Crippen MR) is 74.7 cm³/mol. The topological polar surface area (TPSA) is 110 Å². The number of imide groups is 2. The number of aldehydes is 1. The number of benzene rings is 1. The summed E-state index contributed by atoms with van der Waals surface area (Å²) < 4.78 is 5.11. The summed E-state index contributed by atoms with van der Waals surface area (Å²) in [7, 11) is 0. The number of fused-ring (bicyclic) bond motifs is 1. The number of nitrogens with one attached hydrogen (secondary N) is 1. The van der Waals surface area contributed by atoms with Crippen molar-refractivity contribution >= 4 is 29.9 Å². The largest absolute Gasteiger partial charge is 0.486 e. The quantitative estimate of drug-likeness (QED) is 0.601. The molecule has 2 aliphatic heterocycles. The number of piperidine rings is 1. The van der Waals surface area contributed by atoms with Gasteiger partial charge in [0.2, 0.25) is 11.8 Å². The summed E-state index contributed by atoms with van der Waals surface area (Å²) in [6, 6.07) is 3.26. The third-order valence-corrected chi connectivity index (χ3v) is 3.73. The molecule has 4 amide bonds. The van der Waals surface area contributed by atoms with Crippen molar-refractivity contribution in [3.05, 3.63) is 29.3 Å². The van der Waals surface area contributed by atoms with E-state index in [0.717, 1.165) is 4.90 Å². The Morgan fingerprint density at radius 3 is 2.61 bits per heavy atom. The summed E-state index contributed by atoms with van der Waals surface area (Å²) in [6.45, 7) is -0.169. The van der Waals surface area contributed by atoms with Crippen molar-refractivity contribution < 1.29 is 28.7 Å². The standard InChI is InChI=1S/C15H12N2O6/c18-5-6-23-8-1-2-9-10(7-8)15(22)17(14(9)21)11-3-4-12(19)16-13(11)20/h1-2,5,7,11H,3-4,6H2,(H,16,19,20). The van der Waals surface area contributed by atoms with E-state index in [1.165, 1.54) is 18.2 Å². The summed E-state index contributed by atoms with van der Waals surface area (Å²) in [5.74, 6) is -2.00. The van der Waals surface area contributed by atoms with E-state index in [1.807, 2.05) is 0 Å². The Hall–Kier alpha value is -3.03. The molecule has 8 nitrogen and oxygen atoms in total. The van der Waals surface area contributed by atoms with Crippen LogP contribution in [-0.2, 0) is 14.4 Å². The van der Waals surface area contributed by atoms with Crippen LogP contribution in [0.1, 0.15) is 33.6 Å². The minimum absolute atomic E-state index is 0.0670. The highest BCUT2D eigenvalue weighted by Crippen LogP contribution is 2.30. The first kappa shape index (κ1) is 14.9. The Balaban J connectivity index is 1.89. The molecular formula is C15H12N2O6. The summed E-state index contributed by atoms with van der Waals surface area (Å²) in [6.07, 6.45) is 0.734. The molecule has 0 radical (unpaired) electrons. The minimum atomic E-state index is -1.00. The van der Waals surface area contributed by atoms with Crippen LogP contribution in [0, 0.1) is 0 Å². The average molecular weight is 316 g/mol. The van der Waals surface area contributed by atoms with Gasteiger partial charge in [0.15, 0.2) is 6.29 Å². The van der Waals surface area contributed by atoms with Crippen LogP contribution in [0.4, 0.5) is 0 Å². The molecule has 118 valence electrons. The van der Waals surface area contributed by atoms with Crippen LogP contribution in [0.5, 0.6) is 5.75 Å². The van der Waals surface area contributed by atoms with Gasteiger partial charge in [-0.1, -0.05) is 0 Å². The van der Waals surface area contributed by atoms with E-state index < -0.39 is 29.7 Å². The Morgan fingerprint density at radius 2 is 1.91 bits per heavy atom. The molecule has 1 atom stereocenters. The predicted octanol–water partition coefficient (Wildman–Crippen LogP) is -0.335. The van der Waals surface area contributed by atoms with Crippen molar-refractivity contribution in [2.45, 2.75) is 18.9 Å². The fourth-order valence-corrected chi connectivity index (χ4v) is 2.67. The zero-order valence-electron chi connectivity index (χ0n) is 11.9. The Morgan fingerprint density at radius 1 is 1.17 bits per heavy atom. The highest BCUT2D eigenvalue weighted by Gasteiger charge is 2.44. The second-order valence-electron chi connectivity index (χ2n) is 5.13. The molecule has 1 N–H and O–H groups in total. The van der Waals surface area contributed by atoms with E-state index in [1.54, 1.807) is 0 Å². The lowest BCUT2D eigenvalue weighted by Crippen LogP contribution is -2.54. The Kier molecular flexibility index (Phi) is 3.65. The molecule has 2 heterocycles. The van der Waals surface area contributed by atoms with Gasteiger partial charge >= 0.3 is 0 Å². The van der Waals surface area contributed by atoms with Crippen LogP contribution in [0.2, 0.25) is 0 Å². The molecule has 1 unspecified atom stereocenters. The van der Waals surface area contributed by atoms with E-state index in [9.17, 15) is 24.0 Å². The first-order valence-electron chi connectivity index (χ1n) is 6.95. The maximum atomic E-state index is 12.5. The van der Waals surface area contributed by atoms with Gasteiger partial charge in [0.25, 0.3) is 11.8 Å². The lowest BCUT2D eigenvalue weighted by molar-refractivity contribution is -0.136. The van der Waals surface area contributed by atoms with Gasteiger partial charge in [-0.15, -0.1) is 0 Å². The van der Waals surface area contributed by atoms with Gasteiger partial charge in [-0.2, -0.15) is 0 Å². The number of hydrogen-bond acceptors (Lipinski definition) is 6. The number of hydrogen-bond donors (Lipinski definition) is 1. The maximum Gasteiger partial charge on any atom is 0.262 e. The van der Waals surface area contributed by atoms with E-state index in [4.69, 9.17) is 4.74 Å². The molecule has 1 aromatic rings. The lowest BCUT2D eigenvalue weighted by Gasteiger charge is -2.27. The number of carbonyl (C=O) groups is 5. The minimum Gasteiger partial charge on any atom is -0.486 e. The normalized spacial score (nSPS) is 20.3. The fourth-order valence-electron chi connectivity index (χ4n) is 2.67. The van der Waals surface area contributed by atoms with Gasteiger partial charge in [0.05, 0.1) is 11.1 Å². The van der Waals surface area contributed by atoms with Gasteiger partial charge in [0.1, 0.15) is 18.4 Å². The molecule has 1 fully saturated rings. The van der Waals surface area contributed by atoms with E-state index in [2.05, 4.69) is 5.32 Å². The molecule has 0 saturated carbocycles. The molecule has 0 aliphatic carbocycles. The molecule has 1 aromatic carbocycles. The zero-order chi connectivity index (χ0) is 16.6. The first-order valence-corrected chi connectivity index (χ1v) is 6.95. The Labute approximate surface area is 130 Å². The highest BCUT2D eigenvalue weighted by molar-refractivity contribution is 6.23. The smallest absolute Gasteiger partial charge is 0.262 e. The van der Waals surface area contributed by atoms with Gasteiger partial charge < -0.3 is 4.74 Å². The molecule has 23 heavy (non-hydrogen) atoms. The van der Waals surface area contributed by atoms with Crippen LogP contribution in [0.25, 0.3) is 0 Å². The lowest BCUT2D eigenvalue weighted by atomic mass is 10.0. The molecular weight excluding hydrogens is 304 g/mol. The fraction of sp³-hybridized carbons (Fsp3) is 0.267. The van der Waals surface area contributed by atoms with Gasteiger partial charge in [-0.05, 0) is 24.6 Å². The summed E-state index contributed by atoms with van der Waals surface area (Å²) in [5, 5.41) is 2.13. The van der Waals surface area contributed by atoms with Crippen molar-refractivity contribution in [3.8, 4) is 5.75 Å². The van der Waals surface area contributed by atoms with Crippen molar-refractivity contribution in [2.24, 2.45) is 0 Å². The van der Waals surface area contributed by atoms with Crippen LogP contribution in [-0.4, -0.2) is 47.5 Å². The summed E-state index contributed by atoms with van der Waals surface area (Å²) in [5.41, 5.74) is 0.279. The number of nitrogens with zero attached hydrogens (tertiary/aromatic N) is 1. The number of carbonyl (C=O) groups excluding carboxylic acids is 5. The van der Waals surface area contributed by atoms with E-state index in [-0.39, 0.29) is 36.3 Å². The van der Waals surface area contributed by atoms with Gasteiger partial charge in [-0.3, -0.25) is 34.2 Å². The molecule has 8 heteroatoms. The molecule has 2 aliphatic rings. The molecule has 0 spiro atoms. The number of amides is 4. The third-order valence-electron chi connectivity index (χ3n) is 3.73. The molecule has 0 bridgehead atoms. The maximum absolute atomic E-state index is 12.5. The number of ether oxygens (including phenoxy) is 1. The van der Waals surface area contributed by atoms with Crippen LogP contribution in [0.3, 0.4) is 0 Å². The van der Waals surface area contributed by atoms with Crippen LogP contribution < -0.4 is 10.1 Å². The zero-order valence-corrected chi connectivity index (χ0v) is 11.9. The van der Waals surface area contributed by atoms with E-state index in [0.29, 0.717) is 6.29 Å². The molecule has 3 rings (SSSR count). The second-order valence-corrected chi connectivity index (χ2v) is 5.13. The second kappa shape index (κ2) is 5.64. The highest BCUT2D eigenvalue weighted by atomic mass is 16.5. The van der Waals surface area contributed by atoms with E-state index >= 15 is 0 Å². The molecule has 0 aromatic heterocycles. The van der Waals surface area contributed by atoms with Crippen molar-refractivity contribution in [1.82, 2.24) is 10.2 Å². The Bertz CT molecular complexity index is 741. The van der Waals surface area contributed by atoms with Crippen LogP contribution >= 0.6 is 0 Å². The van der Waals surface area contributed by atoms with Crippen LogP contribution in [0.15, 0.2) is 18.2 Å². The van der Waals surface area contributed by atoms with Crippen molar-refractivity contribution in [2.75, 3.05) is 6.61 Å². The first-order chi connectivity index (χ1) is 11.0. The average Bonchev–Trinajstić information content (AvgIpc) is 2.77.